The van der Waals surface area contributed by atoms with Crippen molar-refractivity contribution < 1.29 is 37.4 Å². The van der Waals surface area contributed by atoms with Gasteiger partial charge in [0.05, 0.1) is 17.7 Å². The molecular formula is C20H16F2N2O6. The second kappa shape index (κ2) is 9.12. The Balaban J connectivity index is 1.44. The van der Waals surface area contributed by atoms with Gasteiger partial charge in [0.1, 0.15) is 17.4 Å². The number of Topliss-reactive ketones (excluding diaryl/α,β-unsaturated/α-hetero) is 1. The first-order valence-corrected chi connectivity index (χ1v) is 8.82. The van der Waals surface area contributed by atoms with Gasteiger partial charge in [-0.25, -0.2) is 8.78 Å². The molecule has 10 heteroatoms. The molecule has 30 heavy (non-hydrogen) atoms. The summed E-state index contributed by atoms with van der Waals surface area (Å²) >= 11 is 0. The number of hydrogen-bond donors (Lipinski definition) is 2. The number of halogens is 2. The molecule has 1 aliphatic heterocycles. The van der Waals surface area contributed by atoms with Crippen LogP contribution in [0.25, 0.3) is 0 Å². The van der Waals surface area contributed by atoms with Crippen molar-refractivity contribution in [3.63, 3.8) is 0 Å². The van der Waals surface area contributed by atoms with E-state index in [0.717, 1.165) is 12.1 Å². The minimum absolute atomic E-state index is 0.109. The van der Waals surface area contributed by atoms with Crippen LogP contribution in [0.15, 0.2) is 36.4 Å². The Kier molecular flexibility index (Phi) is 6.35. The molecule has 0 spiro atoms. The van der Waals surface area contributed by atoms with E-state index in [0.29, 0.717) is 17.5 Å². The number of esters is 1. The topological polar surface area (TPSA) is 111 Å². The van der Waals surface area contributed by atoms with Gasteiger partial charge in [0.25, 0.3) is 11.8 Å². The van der Waals surface area contributed by atoms with Crippen LogP contribution in [-0.4, -0.2) is 43.3 Å². The highest BCUT2D eigenvalue weighted by molar-refractivity contribution is 6.01. The van der Waals surface area contributed by atoms with Crippen LogP contribution in [-0.2, 0) is 14.3 Å². The maximum atomic E-state index is 13.5. The molecule has 2 N–H and O–H groups in total. The quantitative estimate of drug-likeness (QED) is 0.525. The maximum Gasteiger partial charge on any atom is 0.308 e. The van der Waals surface area contributed by atoms with Crippen molar-refractivity contribution in [1.82, 2.24) is 5.32 Å². The van der Waals surface area contributed by atoms with Gasteiger partial charge < -0.3 is 20.1 Å². The lowest BCUT2D eigenvalue weighted by Crippen LogP contribution is -2.28. The first-order chi connectivity index (χ1) is 14.3. The van der Waals surface area contributed by atoms with Crippen molar-refractivity contribution >= 4 is 29.3 Å². The molecule has 1 aliphatic rings. The highest BCUT2D eigenvalue weighted by Crippen LogP contribution is 2.28. The van der Waals surface area contributed by atoms with Crippen LogP contribution < -0.4 is 15.4 Å². The summed E-state index contributed by atoms with van der Waals surface area (Å²) < 4.78 is 36.4. The molecule has 0 radical (unpaired) electrons. The van der Waals surface area contributed by atoms with E-state index in [1.165, 1.54) is 18.2 Å². The highest BCUT2D eigenvalue weighted by atomic mass is 19.1. The number of carbonyl (C=O) groups excluding carboxylic acids is 4. The van der Waals surface area contributed by atoms with Crippen molar-refractivity contribution in [3.05, 3.63) is 59.2 Å². The van der Waals surface area contributed by atoms with Gasteiger partial charge in [0.2, 0.25) is 0 Å². The van der Waals surface area contributed by atoms with Gasteiger partial charge in [-0.2, -0.15) is 0 Å². The van der Waals surface area contributed by atoms with Gasteiger partial charge in [-0.05, 0) is 30.3 Å². The Morgan fingerprint density at radius 2 is 1.93 bits per heavy atom. The summed E-state index contributed by atoms with van der Waals surface area (Å²) in [4.78, 5) is 47.1. The van der Waals surface area contributed by atoms with Gasteiger partial charge in [0.15, 0.2) is 19.0 Å². The zero-order valence-electron chi connectivity index (χ0n) is 15.5. The molecule has 0 unspecified atom stereocenters. The van der Waals surface area contributed by atoms with Gasteiger partial charge in [-0.1, -0.05) is 0 Å². The summed E-state index contributed by atoms with van der Waals surface area (Å²) in [5.74, 6) is -3.81. The van der Waals surface area contributed by atoms with Crippen LogP contribution in [0.3, 0.4) is 0 Å². The molecule has 0 saturated carbocycles. The van der Waals surface area contributed by atoms with Crippen LogP contribution >= 0.6 is 0 Å². The van der Waals surface area contributed by atoms with Gasteiger partial charge in [-0.15, -0.1) is 0 Å². The minimum Gasteiger partial charge on any atom is -0.482 e. The van der Waals surface area contributed by atoms with Crippen LogP contribution in [0.2, 0.25) is 0 Å². The summed E-state index contributed by atoms with van der Waals surface area (Å²) in [5, 5.41) is 4.87. The average molecular weight is 418 g/mol. The van der Waals surface area contributed by atoms with E-state index in [9.17, 15) is 28.0 Å². The molecule has 0 aromatic heterocycles. The van der Waals surface area contributed by atoms with Crippen LogP contribution in [0, 0.1) is 11.6 Å². The molecule has 156 valence electrons. The number of hydrogen-bond acceptors (Lipinski definition) is 6. The molecule has 3 rings (SSSR count). The molecule has 0 saturated heterocycles. The molecule has 0 aliphatic carbocycles. The molecule has 8 nitrogen and oxygen atoms in total. The largest absolute Gasteiger partial charge is 0.482 e. The molecule has 0 atom stereocenters. The third-order valence-electron chi connectivity index (χ3n) is 4.09. The Morgan fingerprint density at radius 3 is 2.70 bits per heavy atom. The molecule has 2 aromatic rings. The van der Waals surface area contributed by atoms with E-state index in [4.69, 9.17) is 9.47 Å². The van der Waals surface area contributed by atoms with E-state index in [2.05, 4.69) is 10.6 Å². The molecule has 1 heterocycles. The maximum absolute atomic E-state index is 13.5. The van der Waals surface area contributed by atoms with Gasteiger partial charge in [-0.3, -0.25) is 19.2 Å². The summed E-state index contributed by atoms with van der Waals surface area (Å²) in [5.41, 5.74) is 0.204. The van der Waals surface area contributed by atoms with Crippen molar-refractivity contribution in [2.75, 3.05) is 25.1 Å². The first-order valence-electron chi connectivity index (χ1n) is 8.82. The SMILES string of the molecule is O=C1COc2ccc(C(=O)COC(=O)CCNC(=O)c3ccc(F)cc3F)cc2N1. The standard InChI is InChI=1S/C20H16F2N2O6/c21-12-2-3-13(14(22)8-12)20(28)23-6-5-19(27)30-9-16(25)11-1-4-17-15(7-11)24-18(26)10-29-17/h1-4,7-8H,5-6,9-10H2,(H,23,28)(H,24,26). The van der Waals surface area contributed by atoms with E-state index < -0.39 is 35.9 Å². The first kappa shape index (κ1) is 20.9. The Morgan fingerprint density at radius 1 is 1.13 bits per heavy atom. The van der Waals surface area contributed by atoms with Crippen molar-refractivity contribution in [2.24, 2.45) is 0 Å². The summed E-state index contributed by atoms with van der Waals surface area (Å²) in [6.45, 7) is -0.805. The smallest absolute Gasteiger partial charge is 0.308 e. The Labute approximate surface area is 169 Å². The third-order valence-corrected chi connectivity index (χ3v) is 4.09. The zero-order chi connectivity index (χ0) is 21.7. The van der Waals surface area contributed by atoms with Gasteiger partial charge >= 0.3 is 5.97 Å². The Bertz CT molecular complexity index is 1020. The fraction of sp³-hybridized carbons (Fsp3) is 0.200. The number of fused-ring (bicyclic) bond motifs is 1. The van der Waals surface area contributed by atoms with E-state index >= 15 is 0 Å². The van der Waals surface area contributed by atoms with Crippen LogP contribution in [0.4, 0.5) is 14.5 Å². The summed E-state index contributed by atoms with van der Waals surface area (Å²) in [6, 6.07) is 6.92. The van der Waals surface area contributed by atoms with E-state index in [1.807, 2.05) is 0 Å². The van der Waals surface area contributed by atoms with Crippen molar-refractivity contribution in [2.45, 2.75) is 6.42 Å². The molecular weight excluding hydrogens is 402 g/mol. The lowest BCUT2D eigenvalue weighted by Gasteiger charge is -2.18. The summed E-state index contributed by atoms with van der Waals surface area (Å²) in [6.07, 6.45) is -0.254. The number of carbonyl (C=O) groups is 4. The van der Waals surface area contributed by atoms with Crippen LogP contribution in [0.5, 0.6) is 5.75 Å². The van der Waals surface area contributed by atoms with Crippen molar-refractivity contribution in [3.8, 4) is 5.75 Å². The monoisotopic (exact) mass is 418 g/mol. The molecule has 0 fully saturated rings. The highest BCUT2D eigenvalue weighted by Gasteiger charge is 2.19. The molecule has 2 amide bonds. The normalized spacial score (nSPS) is 12.3. The number of ketones is 1. The predicted octanol–water partition coefficient (Wildman–Crippen LogP) is 1.84. The lowest BCUT2D eigenvalue weighted by atomic mass is 10.1. The summed E-state index contributed by atoms with van der Waals surface area (Å²) in [7, 11) is 0. The van der Waals surface area contributed by atoms with Crippen molar-refractivity contribution in [1.29, 1.82) is 0 Å². The number of anilines is 1. The lowest BCUT2D eigenvalue weighted by molar-refractivity contribution is -0.142. The minimum atomic E-state index is -1.02. The number of amides is 2. The number of ether oxygens (including phenoxy) is 2. The fourth-order valence-electron chi connectivity index (χ4n) is 2.61. The third kappa shape index (κ3) is 5.16. The average Bonchev–Trinajstić information content (AvgIpc) is 2.71. The zero-order valence-corrected chi connectivity index (χ0v) is 15.5. The van der Waals surface area contributed by atoms with Crippen LogP contribution in [0.1, 0.15) is 27.1 Å². The Hall–Kier alpha value is -3.82. The second-order valence-corrected chi connectivity index (χ2v) is 6.26. The fourth-order valence-corrected chi connectivity index (χ4v) is 2.61. The predicted molar refractivity (Wildman–Crippen MR) is 99.2 cm³/mol. The second-order valence-electron chi connectivity index (χ2n) is 6.26. The van der Waals surface area contributed by atoms with E-state index in [-0.39, 0.29) is 36.6 Å². The van der Waals surface area contributed by atoms with E-state index in [1.54, 1.807) is 0 Å². The molecule has 0 bridgehead atoms. The number of benzene rings is 2. The molecule has 2 aromatic carbocycles. The number of rotatable bonds is 7. The van der Waals surface area contributed by atoms with Gasteiger partial charge in [0, 0.05) is 18.2 Å². The number of nitrogens with one attached hydrogen (secondary N) is 2.